The first-order valence-electron chi connectivity index (χ1n) is 11.4. The summed E-state index contributed by atoms with van der Waals surface area (Å²) in [7, 11) is -3.09. The van der Waals surface area contributed by atoms with Gasteiger partial charge in [-0.15, -0.1) is 0 Å². The molecule has 0 saturated carbocycles. The summed E-state index contributed by atoms with van der Waals surface area (Å²) in [6.45, 7) is 1.17. The highest BCUT2D eigenvalue weighted by molar-refractivity contribution is 7.92. The van der Waals surface area contributed by atoms with Gasteiger partial charge in [-0.1, -0.05) is 19.1 Å². The Kier molecular flexibility index (Phi) is 5.81. The minimum atomic E-state index is -3.09. The molecule has 5 rings (SSSR count). The molecule has 0 radical (unpaired) electrons. The molecular weight excluding hydrogens is 494 g/mol. The van der Waals surface area contributed by atoms with Crippen molar-refractivity contribution in [2.75, 3.05) is 24.6 Å². The third kappa shape index (κ3) is 4.57. The number of ketones is 1. The van der Waals surface area contributed by atoms with Crippen molar-refractivity contribution < 1.29 is 31.5 Å². The van der Waals surface area contributed by atoms with Crippen molar-refractivity contribution in [3.63, 3.8) is 0 Å². The van der Waals surface area contributed by atoms with Gasteiger partial charge >= 0.3 is 6.61 Å². The number of sulfone groups is 1. The number of pyridine rings is 1. The number of halogens is 2. The molecule has 36 heavy (non-hydrogen) atoms. The van der Waals surface area contributed by atoms with Gasteiger partial charge < -0.3 is 9.64 Å². The van der Waals surface area contributed by atoms with Crippen LogP contribution in [0.1, 0.15) is 36.7 Å². The number of amides is 1. The Morgan fingerprint density at radius 2 is 1.94 bits per heavy atom. The molecule has 12 heteroatoms. The third-order valence-electron chi connectivity index (χ3n) is 6.58. The summed E-state index contributed by atoms with van der Waals surface area (Å²) in [6, 6.07) is 7.66. The van der Waals surface area contributed by atoms with Crippen molar-refractivity contribution in [1.29, 1.82) is 0 Å². The minimum absolute atomic E-state index is 0.0212. The van der Waals surface area contributed by atoms with Gasteiger partial charge in [0.2, 0.25) is 5.91 Å². The van der Waals surface area contributed by atoms with Crippen LogP contribution in [0.2, 0.25) is 0 Å². The van der Waals surface area contributed by atoms with E-state index in [1.54, 1.807) is 34.7 Å². The summed E-state index contributed by atoms with van der Waals surface area (Å²) in [4.78, 5) is 30.9. The summed E-state index contributed by atoms with van der Waals surface area (Å²) >= 11 is 0. The molecule has 0 atom stereocenters. The highest BCUT2D eigenvalue weighted by atomic mass is 32.2. The van der Waals surface area contributed by atoms with Gasteiger partial charge in [0.15, 0.2) is 15.6 Å². The second-order valence-corrected chi connectivity index (χ2v) is 11.9. The van der Waals surface area contributed by atoms with Gasteiger partial charge in [0, 0.05) is 49.2 Å². The zero-order valence-corrected chi connectivity index (χ0v) is 20.5. The number of carbonyl (C=O) groups excluding carboxylic acids is 2. The zero-order valence-electron chi connectivity index (χ0n) is 19.6. The second kappa shape index (κ2) is 8.61. The molecule has 190 valence electrons. The number of rotatable bonds is 7. The van der Waals surface area contributed by atoms with E-state index >= 15 is 0 Å². The maximum atomic E-state index is 13.0. The zero-order chi connectivity index (χ0) is 25.8. The van der Waals surface area contributed by atoms with Crippen molar-refractivity contribution in [2.24, 2.45) is 5.41 Å². The summed E-state index contributed by atoms with van der Waals surface area (Å²) in [5.41, 5.74) is 1.71. The Hall–Kier alpha value is -3.41. The van der Waals surface area contributed by atoms with Gasteiger partial charge in [-0.25, -0.2) is 8.42 Å². The highest BCUT2D eigenvalue weighted by Crippen LogP contribution is 2.38. The van der Waals surface area contributed by atoms with Gasteiger partial charge in [0.05, 0.1) is 23.1 Å². The average molecular weight is 519 g/mol. The number of nitrogens with zero attached hydrogens (tertiary/aromatic N) is 4. The number of Topliss-reactive ketones (excluding diaryl/α,β-unsaturated/α-hetero) is 1. The molecule has 9 nitrogen and oxygen atoms in total. The molecule has 2 aromatic heterocycles. The molecule has 2 aliphatic heterocycles. The van der Waals surface area contributed by atoms with Gasteiger partial charge in [0.25, 0.3) is 0 Å². The van der Waals surface area contributed by atoms with Crippen LogP contribution in [0.15, 0.2) is 36.5 Å². The first-order chi connectivity index (χ1) is 16.9. The number of ether oxygens (including phenoxy) is 1. The Morgan fingerprint density at radius 3 is 2.58 bits per heavy atom. The van der Waals surface area contributed by atoms with Crippen LogP contribution in [0, 0.1) is 5.41 Å². The third-order valence-corrected chi connectivity index (χ3v) is 8.85. The first kappa shape index (κ1) is 24.3. The molecule has 2 saturated heterocycles. The maximum Gasteiger partial charge on any atom is 0.387 e. The fraction of sp³-hybridized carbons (Fsp3) is 0.417. The van der Waals surface area contributed by atoms with E-state index in [4.69, 9.17) is 5.10 Å². The lowest BCUT2D eigenvalue weighted by molar-refractivity contribution is -0.134. The summed E-state index contributed by atoms with van der Waals surface area (Å²) in [5.74, 6) is -0.348. The summed E-state index contributed by atoms with van der Waals surface area (Å²) in [6.07, 6.45) is 1.51. The number of carbonyl (C=O) groups is 2. The Labute approximate surface area is 206 Å². The van der Waals surface area contributed by atoms with Crippen molar-refractivity contribution in [2.45, 2.75) is 32.9 Å². The van der Waals surface area contributed by atoms with E-state index in [1.807, 2.05) is 0 Å². The summed E-state index contributed by atoms with van der Waals surface area (Å²) < 4.78 is 55.0. The number of likely N-dealkylation sites (tertiary alicyclic amines) is 1. The Morgan fingerprint density at radius 1 is 1.22 bits per heavy atom. The minimum Gasteiger partial charge on any atom is -0.435 e. The topological polar surface area (TPSA) is 111 Å². The lowest BCUT2D eigenvalue weighted by Crippen LogP contribution is -2.50. The predicted octanol–water partition coefficient (Wildman–Crippen LogP) is 3.11. The lowest BCUT2D eigenvalue weighted by atomic mass is 9.86. The molecule has 0 aliphatic carbocycles. The fourth-order valence-corrected chi connectivity index (χ4v) is 7.19. The number of aromatic nitrogens is 3. The molecular formula is C24H24F2N4O5S. The second-order valence-electron chi connectivity index (χ2n) is 9.81. The van der Waals surface area contributed by atoms with Crippen molar-refractivity contribution >= 4 is 32.6 Å². The van der Waals surface area contributed by atoms with E-state index in [1.165, 1.54) is 25.3 Å². The van der Waals surface area contributed by atoms with E-state index in [-0.39, 0.29) is 41.4 Å². The predicted molar refractivity (Wildman–Crippen MR) is 127 cm³/mol. The van der Waals surface area contributed by atoms with Crippen molar-refractivity contribution in [3.8, 4) is 17.0 Å². The molecule has 4 heterocycles. The molecule has 0 unspecified atom stereocenters. The van der Waals surface area contributed by atoms with E-state index in [2.05, 4.69) is 9.72 Å². The van der Waals surface area contributed by atoms with Crippen LogP contribution in [0.4, 0.5) is 8.78 Å². The quantitative estimate of drug-likeness (QED) is 0.442. The van der Waals surface area contributed by atoms with Crippen LogP contribution < -0.4 is 4.74 Å². The van der Waals surface area contributed by atoms with Crippen LogP contribution in [0.25, 0.3) is 22.3 Å². The van der Waals surface area contributed by atoms with Crippen LogP contribution in [-0.2, 0) is 14.6 Å². The first-order valence-corrected chi connectivity index (χ1v) is 13.2. The molecule has 3 aromatic rings. The van der Waals surface area contributed by atoms with Gasteiger partial charge in [-0.3, -0.25) is 19.3 Å². The summed E-state index contributed by atoms with van der Waals surface area (Å²) in [5, 5.41) is 4.70. The normalized spacial score (nSPS) is 18.6. The average Bonchev–Trinajstić information content (AvgIpc) is 3.09. The maximum absolute atomic E-state index is 13.0. The SMILES string of the molecule is CC(=O)N1CC(n2nc(-c3cccc(OC(F)F)c3)c3ncc(C(=O)CC4(C)CS(=O)(=O)C4)cc32)C1. The molecule has 0 bridgehead atoms. The van der Waals surface area contributed by atoms with E-state index < -0.39 is 21.9 Å². The van der Waals surface area contributed by atoms with E-state index in [0.717, 1.165) is 0 Å². The molecule has 0 N–H and O–H groups in total. The largest absolute Gasteiger partial charge is 0.435 e. The van der Waals surface area contributed by atoms with Crippen molar-refractivity contribution in [1.82, 2.24) is 19.7 Å². The number of alkyl halides is 2. The van der Waals surface area contributed by atoms with E-state index in [9.17, 15) is 26.8 Å². The van der Waals surface area contributed by atoms with Crippen LogP contribution in [0.3, 0.4) is 0 Å². The van der Waals surface area contributed by atoms with Gasteiger partial charge in [-0.05, 0) is 18.2 Å². The molecule has 1 amide bonds. The monoisotopic (exact) mass is 518 g/mol. The Balaban J connectivity index is 1.52. The van der Waals surface area contributed by atoms with Crippen LogP contribution in [-0.4, -0.2) is 71.0 Å². The molecule has 1 aromatic carbocycles. The Bertz CT molecular complexity index is 1470. The molecule has 2 fully saturated rings. The fourth-order valence-electron chi connectivity index (χ4n) is 4.94. The van der Waals surface area contributed by atoms with Crippen molar-refractivity contribution in [3.05, 3.63) is 42.1 Å². The number of hydrogen-bond donors (Lipinski definition) is 0. The van der Waals surface area contributed by atoms with Gasteiger partial charge in [-0.2, -0.15) is 13.9 Å². The smallest absolute Gasteiger partial charge is 0.387 e. The van der Waals surface area contributed by atoms with Crippen LogP contribution >= 0.6 is 0 Å². The standard InChI is InChI=1S/C24H24F2N4O5S/c1-14(31)29-10-17(11-29)30-19-7-16(20(32)8-24(2)12-36(33,34)13-24)9-27-22(19)21(28-30)15-4-3-5-18(6-15)35-23(25)26/h3-7,9,17,23H,8,10-13H2,1-2H3. The number of benzene rings is 1. The lowest BCUT2D eigenvalue weighted by Gasteiger charge is -2.38. The number of fused-ring (bicyclic) bond motifs is 1. The van der Waals surface area contributed by atoms with Gasteiger partial charge in [0.1, 0.15) is 17.0 Å². The molecule has 0 spiro atoms. The van der Waals surface area contributed by atoms with Crippen LogP contribution in [0.5, 0.6) is 5.75 Å². The van der Waals surface area contributed by atoms with E-state index in [0.29, 0.717) is 40.9 Å². The number of hydrogen-bond acceptors (Lipinski definition) is 7. The highest BCUT2D eigenvalue weighted by Gasteiger charge is 2.46. The molecule has 2 aliphatic rings.